The highest BCUT2D eigenvalue weighted by Crippen LogP contribution is 2.27. The minimum Gasteiger partial charge on any atom is -0.497 e. The normalized spacial score (nSPS) is 10.5. The Morgan fingerprint density at radius 1 is 1.10 bits per heavy atom. The highest BCUT2D eigenvalue weighted by molar-refractivity contribution is 7.10. The molecule has 0 unspecified atom stereocenters. The predicted octanol–water partition coefficient (Wildman–Crippen LogP) is 3.99. The van der Waals surface area contributed by atoms with Crippen molar-refractivity contribution in [1.29, 1.82) is 0 Å². The Bertz CT molecular complexity index is 735. The first-order valence-corrected chi connectivity index (χ1v) is 7.56. The van der Waals surface area contributed by atoms with Crippen LogP contribution in [0.5, 0.6) is 5.75 Å². The molecule has 2 aromatic carbocycles. The molecule has 0 radical (unpaired) electrons. The number of benzene rings is 2. The van der Waals surface area contributed by atoms with E-state index in [1.165, 1.54) is 5.56 Å². The van der Waals surface area contributed by atoms with E-state index < -0.39 is 0 Å². The number of nitrogens with zero attached hydrogens (tertiary/aromatic N) is 1. The highest BCUT2D eigenvalue weighted by Gasteiger charge is 2.07. The summed E-state index contributed by atoms with van der Waals surface area (Å²) in [7, 11) is 1.67. The van der Waals surface area contributed by atoms with Gasteiger partial charge in [0.15, 0.2) is 0 Å². The zero-order chi connectivity index (χ0) is 14.7. The number of thiazole rings is 1. The molecule has 1 heterocycles. The van der Waals surface area contributed by atoms with Gasteiger partial charge in [0.1, 0.15) is 5.75 Å². The number of methoxy groups -OCH3 is 1. The van der Waals surface area contributed by atoms with Crippen LogP contribution in [0.1, 0.15) is 10.6 Å². The minimum absolute atomic E-state index is 0.763. The van der Waals surface area contributed by atoms with Crippen LogP contribution in [0, 0.1) is 0 Å². The topological polar surface area (TPSA) is 48.1 Å². The lowest BCUT2D eigenvalue weighted by molar-refractivity contribution is 0.414. The number of nitrogens with two attached hydrogens (primary N) is 1. The summed E-state index contributed by atoms with van der Waals surface area (Å²) in [6.45, 7) is 0. The maximum atomic E-state index is 6.00. The number of para-hydroxylation sites is 1. The molecule has 0 aliphatic rings. The number of hydrogen-bond acceptors (Lipinski definition) is 4. The van der Waals surface area contributed by atoms with Crippen LogP contribution in [0.25, 0.3) is 11.3 Å². The molecule has 0 aliphatic carbocycles. The van der Waals surface area contributed by atoms with Crippen molar-refractivity contribution < 1.29 is 4.74 Å². The van der Waals surface area contributed by atoms with Crippen LogP contribution in [0.3, 0.4) is 0 Å². The van der Waals surface area contributed by atoms with Gasteiger partial charge >= 0.3 is 0 Å². The van der Waals surface area contributed by atoms with E-state index in [-0.39, 0.29) is 0 Å². The van der Waals surface area contributed by atoms with E-state index in [1.807, 2.05) is 36.4 Å². The van der Waals surface area contributed by atoms with E-state index in [0.717, 1.165) is 34.1 Å². The lowest BCUT2D eigenvalue weighted by Crippen LogP contribution is -1.91. The zero-order valence-corrected chi connectivity index (χ0v) is 12.6. The Balaban J connectivity index is 1.80. The molecule has 0 bridgehead atoms. The van der Waals surface area contributed by atoms with Gasteiger partial charge in [0.05, 0.1) is 17.8 Å². The summed E-state index contributed by atoms with van der Waals surface area (Å²) in [5.74, 6) is 0.871. The minimum atomic E-state index is 0.763. The van der Waals surface area contributed by atoms with Gasteiger partial charge < -0.3 is 10.5 Å². The molecule has 3 nitrogen and oxygen atoms in total. The van der Waals surface area contributed by atoms with E-state index >= 15 is 0 Å². The zero-order valence-electron chi connectivity index (χ0n) is 11.7. The first kappa shape index (κ1) is 13.6. The molecule has 0 aliphatic heterocycles. The van der Waals surface area contributed by atoms with Crippen molar-refractivity contribution >= 4 is 17.0 Å². The molecule has 0 saturated heterocycles. The van der Waals surface area contributed by atoms with Crippen LogP contribution < -0.4 is 10.5 Å². The highest BCUT2D eigenvalue weighted by atomic mass is 32.1. The third-order valence-electron chi connectivity index (χ3n) is 3.30. The van der Waals surface area contributed by atoms with Crippen molar-refractivity contribution in [3.63, 3.8) is 0 Å². The SMILES string of the molecule is COc1ccc(Cc2nc(-c3ccccc3N)cs2)cc1. The monoisotopic (exact) mass is 296 g/mol. The molecule has 2 N–H and O–H groups in total. The summed E-state index contributed by atoms with van der Waals surface area (Å²) in [4.78, 5) is 4.69. The van der Waals surface area contributed by atoms with Crippen LogP contribution in [0.15, 0.2) is 53.9 Å². The Labute approximate surface area is 128 Å². The molecule has 0 saturated carbocycles. The third kappa shape index (κ3) is 3.06. The van der Waals surface area contributed by atoms with Crippen LogP contribution in [-0.2, 0) is 6.42 Å². The molecule has 106 valence electrons. The Kier molecular flexibility index (Phi) is 3.88. The fraction of sp³-hybridized carbons (Fsp3) is 0.118. The summed E-state index contributed by atoms with van der Waals surface area (Å²) in [5.41, 5.74) is 9.92. The van der Waals surface area contributed by atoms with E-state index in [4.69, 9.17) is 10.5 Å². The first-order valence-electron chi connectivity index (χ1n) is 6.68. The fourth-order valence-corrected chi connectivity index (χ4v) is 2.99. The summed E-state index contributed by atoms with van der Waals surface area (Å²) in [6, 6.07) is 15.9. The molecule has 0 atom stereocenters. The van der Waals surface area contributed by atoms with Gasteiger partial charge in [-0.3, -0.25) is 0 Å². The Morgan fingerprint density at radius 2 is 1.86 bits per heavy atom. The second kappa shape index (κ2) is 5.97. The van der Waals surface area contributed by atoms with Crippen LogP contribution in [0.2, 0.25) is 0 Å². The fourth-order valence-electron chi connectivity index (χ4n) is 2.16. The number of ether oxygens (including phenoxy) is 1. The smallest absolute Gasteiger partial charge is 0.118 e. The van der Waals surface area contributed by atoms with Crippen LogP contribution in [0.4, 0.5) is 5.69 Å². The molecule has 0 spiro atoms. The molecular formula is C17H16N2OS. The van der Waals surface area contributed by atoms with Crippen molar-refractivity contribution in [2.45, 2.75) is 6.42 Å². The van der Waals surface area contributed by atoms with Gasteiger partial charge in [-0.1, -0.05) is 30.3 Å². The second-order valence-corrected chi connectivity index (χ2v) is 5.68. The van der Waals surface area contributed by atoms with Gasteiger partial charge in [0.25, 0.3) is 0 Å². The van der Waals surface area contributed by atoms with Crippen LogP contribution >= 0.6 is 11.3 Å². The molecule has 21 heavy (non-hydrogen) atoms. The number of nitrogen functional groups attached to an aromatic ring is 1. The maximum absolute atomic E-state index is 6.00. The molecule has 0 fully saturated rings. The Morgan fingerprint density at radius 3 is 2.57 bits per heavy atom. The van der Waals surface area contributed by atoms with Gasteiger partial charge in [0.2, 0.25) is 0 Å². The molecule has 3 aromatic rings. The predicted molar refractivity (Wildman–Crippen MR) is 87.8 cm³/mol. The van der Waals surface area contributed by atoms with E-state index in [0.29, 0.717) is 0 Å². The van der Waals surface area contributed by atoms with E-state index in [9.17, 15) is 0 Å². The van der Waals surface area contributed by atoms with Gasteiger partial charge in [-0.2, -0.15) is 0 Å². The van der Waals surface area contributed by atoms with Crippen molar-refractivity contribution in [2.24, 2.45) is 0 Å². The molecular weight excluding hydrogens is 280 g/mol. The van der Waals surface area contributed by atoms with Crippen LogP contribution in [-0.4, -0.2) is 12.1 Å². The second-order valence-electron chi connectivity index (χ2n) is 4.74. The first-order chi connectivity index (χ1) is 10.3. The van der Waals surface area contributed by atoms with E-state index in [1.54, 1.807) is 18.4 Å². The van der Waals surface area contributed by atoms with Gasteiger partial charge in [0, 0.05) is 23.1 Å². The van der Waals surface area contributed by atoms with Gasteiger partial charge in [-0.25, -0.2) is 4.98 Å². The van der Waals surface area contributed by atoms with Crippen molar-refractivity contribution in [3.05, 3.63) is 64.5 Å². The maximum Gasteiger partial charge on any atom is 0.118 e. The average Bonchev–Trinajstić information content (AvgIpc) is 2.97. The van der Waals surface area contributed by atoms with Crippen molar-refractivity contribution in [3.8, 4) is 17.0 Å². The Hall–Kier alpha value is -2.33. The van der Waals surface area contributed by atoms with Gasteiger partial charge in [-0.05, 0) is 23.8 Å². The van der Waals surface area contributed by atoms with Gasteiger partial charge in [-0.15, -0.1) is 11.3 Å². The van der Waals surface area contributed by atoms with E-state index in [2.05, 4.69) is 22.5 Å². The lowest BCUT2D eigenvalue weighted by atomic mass is 10.1. The number of aromatic nitrogens is 1. The molecule has 4 heteroatoms. The summed E-state index contributed by atoms with van der Waals surface area (Å²) in [6.07, 6.45) is 0.821. The summed E-state index contributed by atoms with van der Waals surface area (Å²) >= 11 is 1.66. The third-order valence-corrected chi connectivity index (χ3v) is 4.15. The number of anilines is 1. The largest absolute Gasteiger partial charge is 0.497 e. The van der Waals surface area contributed by atoms with Crippen molar-refractivity contribution in [1.82, 2.24) is 4.98 Å². The lowest BCUT2D eigenvalue weighted by Gasteiger charge is -2.02. The number of rotatable bonds is 4. The average molecular weight is 296 g/mol. The molecule has 1 aromatic heterocycles. The standard InChI is InChI=1S/C17H16N2OS/c1-20-13-8-6-12(7-9-13)10-17-19-16(11-21-17)14-4-2-3-5-15(14)18/h2-9,11H,10,18H2,1H3. The number of hydrogen-bond donors (Lipinski definition) is 1. The summed E-state index contributed by atoms with van der Waals surface area (Å²) < 4.78 is 5.17. The quantitative estimate of drug-likeness (QED) is 0.740. The van der Waals surface area contributed by atoms with Crippen molar-refractivity contribution in [2.75, 3.05) is 12.8 Å². The molecule has 0 amide bonds. The molecule has 3 rings (SSSR count). The summed E-state index contributed by atoms with van der Waals surface area (Å²) in [5, 5.41) is 3.14.